The molecule has 0 amide bonds. The Balaban J connectivity index is 3.10. The summed E-state index contributed by atoms with van der Waals surface area (Å²) < 4.78 is 11.4. The van der Waals surface area contributed by atoms with Gasteiger partial charge < -0.3 is 9.47 Å². The van der Waals surface area contributed by atoms with Gasteiger partial charge in [0.25, 0.3) is 0 Å². The predicted octanol–water partition coefficient (Wildman–Crippen LogP) is 4.96. The summed E-state index contributed by atoms with van der Waals surface area (Å²) in [5.74, 6) is 0. The Bertz CT molecular complexity index is 148. The maximum atomic E-state index is 5.84. The van der Waals surface area contributed by atoms with Gasteiger partial charge in [-0.05, 0) is 32.1 Å². The van der Waals surface area contributed by atoms with Crippen LogP contribution in [0.4, 0.5) is 0 Å². The van der Waals surface area contributed by atoms with Gasteiger partial charge in [0.05, 0.1) is 6.10 Å². The highest BCUT2D eigenvalue weighted by Gasteiger charge is 2.03. The van der Waals surface area contributed by atoms with Gasteiger partial charge in [-0.3, -0.25) is 0 Å². The summed E-state index contributed by atoms with van der Waals surface area (Å²) in [5.41, 5.74) is 0. The molecule has 110 valence electrons. The second-order valence-electron chi connectivity index (χ2n) is 5.07. The molecule has 18 heavy (non-hydrogen) atoms. The SMILES string of the molecule is CCCCCCOCCCCOC(CC)CCC. The van der Waals surface area contributed by atoms with E-state index in [0.717, 1.165) is 39.1 Å². The minimum absolute atomic E-state index is 0.477. The lowest BCUT2D eigenvalue weighted by Crippen LogP contribution is -2.12. The van der Waals surface area contributed by atoms with E-state index in [4.69, 9.17) is 9.47 Å². The van der Waals surface area contributed by atoms with Crippen LogP contribution in [0.25, 0.3) is 0 Å². The van der Waals surface area contributed by atoms with E-state index in [1.54, 1.807) is 0 Å². The monoisotopic (exact) mass is 258 g/mol. The molecule has 0 aromatic heterocycles. The van der Waals surface area contributed by atoms with Crippen molar-refractivity contribution >= 4 is 0 Å². The molecule has 0 aliphatic carbocycles. The van der Waals surface area contributed by atoms with Crippen LogP contribution in [0.15, 0.2) is 0 Å². The molecule has 0 radical (unpaired) electrons. The zero-order valence-corrected chi connectivity index (χ0v) is 12.9. The zero-order valence-electron chi connectivity index (χ0n) is 12.9. The summed E-state index contributed by atoms with van der Waals surface area (Å²) >= 11 is 0. The molecule has 0 rings (SSSR count). The highest BCUT2D eigenvalue weighted by atomic mass is 16.5. The molecule has 0 aliphatic rings. The Morgan fingerprint density at radius 1 is 0.722 bits per heavy atom. The van der Waals surface area contributed by atoms with Crippen LogP contribution in [-0.2, 0) is 9.47 Å². The normalized spacial score (nSPS) is 12.8. The topological polar surface area (TPSA) is 18.5 Å². The van der Waals surface area contributed by atoms with Gasteiger partial charge >= 0.3 is 0 Å². The largest absolute Gasteiger partial charge is 0.381 e. The third kappa shape index (κ3) is 12.4. The predicted molar refractivity (Wildman–Crippen MR) is 79.1 cm³/mol. The Labute approximate surface area is 114 Å². The molecule has 1 atom stereocenters. The molecule has 0 aromatic rings. The fourth-order valence-electron chi connectivity index (χ4n) is 2.02. The minimum Gasteiger partial charge on any atom is -0.381 e. The number of unbranched alkanes of at least 4 members (excludes halogenated alkanes) is 4. The van der Waals surface area contributed by atoms with Crippen molar-refractivity contribution in [2.45, 2.75) is 84.7 Å². The number of hydrogen-bond donors (Lipinski definition) is 0. The van der Waals surface area contributed by atoms with E-state index in [-0.39, 0.29) is 0 Å². The van der Waals surface area contributed by atoms with E-state index in [9.17, 15) is 0 Å². The molecule has 0 bridgehead atoms. The molecule has 0 heterocycles. The first-order valence-corrected chi connectivity index (χ1v) is 8.04. The van der Waals surface area contributed by atoms with Gasteiger partial charge in [-0.25, -0.2) is 0 Å². The Kier molecular flexibility index (Phi) is 14.9. The fraction of sp³-hybridized carbons (Fsp3) is 1.00. The number of rotatable bonds is 14. The van der Waals surface area contributed by atoms with Crippen molar-refractivity contribution < 1.29 is 9.47 Å². The second kappa shape index (κ2) is 15.0. The third-order valence-corrected chi connectivity index (χ3v) is 3.24. The summed E-state index contributed by atoms with van der Waals surface area (Å²) in [7, 11) is 0. The Hall–Kier alpha value is -0.0800. The van der Waals surface area contributed by atoms with Crippen molar-refractivity contribution in [2.75, 3.05) is 19.8 Å². The summed E-state index contributed by atoms with van der Waals surface area (Å²) in [4.78, 5) is 0. The average Bonchev–Trinajstić information content (AvgIpc) is 2.39. The van der Waals surface area contributed by atoms with E-state index >= 15 is 0 Å². The van der Waals surface area contributed by atoms with Crippen LogP contribution in [0.1, 0.15) is 78.6 Å². The van der Waals surface area contributed by atoms with E-state index < -0.39 is 0 Å². The molecule has 0 N–H and O–H groups in total. The van der Waals surface area contributed by atoms with Crippen molar-refractivity contribution in [2.24, 2.45) is 0 Å². The standard InChI is InChI=1S/C16H34O2/c1-4-7-8-9-13-17-14-10-11-15-18-16(6-3)12-5-2/h16H,4-15H2,1-3H3. The number of ether oxygens (including phenoxy) is 2. The lowest BCUT2D eigenvalue weighted by molar-refractivity contribution is 0.0369. The van der Waals surface area contributed by atoms with Gasteiger partial charge in [-0.15, -0.1) is 0 Å². The fourth-order valence-corrected chi connectivity index (χ4v) is 2.02. The van der Waals surface area contributed by atoms with Gasteiger partial charge in [-0.2, -0.15) is 0 Å². The molecule has 0 fully saturated rings. The van der Waals surface area contributed by atoms with Crippen molar-refractivity contribution in [3.05, 3.63) is 0 Å². The molecular formula is C16H34O2. The van der Waals surface area contributed by atoms with Crippen LogP contribution in [0.2, 0.25) is 0 Å². The molecule has 0 aromatic carbocycles. The third-order valence-electron chi connectivity index (χ3n) is 3.24. The van der Waals surface area contributed by atoms with Crippen molar-refractivity contribution in [3.8, 4) is 0 Å². The van der Waals surface area contributed by atoms with E-state index in [1.807, 2.05) is 0 Å². The highest BCUT2D eigenvalue weighted by molar-refractivity contribution is 4.53. The van der Waals surface area contributed by atoms with E-state index in [2.05, 4.69) is 20.8 Å². The molecule has 1 unspecified atom stereocenters. The van der Waals surface area contributed by atoms with Gasteiger partial charge in [0.2, 0.25) is 0 Å². The van der Waals surface area contributed by atoms with Crippen LogP contribution in [0.5, 0.6) is 0 Å². The summed E-state index contributed by atoms with van der Waals surface area (Å²) in [5, 5.41) is 0. The minimum atomic E-state index is 0.477. The van der Waals surface area contributed by atoms with Crippen LogP contribution < -0.4 is 0 Å². The molecule has 0 spiro atoms. The van der Waals surface area contributed by atoms with Gasteiger partial charge in [0.1, 0.15) is 0 Å². The first-order valence-electron chi connectivity index (χ1n) is 8.04. The van der Waals surface area contributed by atoms with E-state index in [0.29, 0.717) is 6.10 Å². The maximum absolute atomic E-state index is 5.84. The van der Waals surface area contributed by atoms with Crippen LogP contribution in [0.3, 0.4) is 0 Å². The summed E-state index contributed by atoms with van der Waals surface area (Å²) in [6.45, 7) is 9.41. The van der Waals surface area contributed by atoms with Gasteiger partial charge in [0.15, 0.2) is 0 Å². The maximum Gasteiger partial charge on any atom is 0.0572 e. The molecule has 0 saturated heterocycles. The van der Waals surface area contributed by atoms with Crippen molar-refractivity contribution in [1.82, 2.24) is 0 Å². The van der Waals surface area contributed by atoms with Crippen LogP contribution in [0, 0.1) is 0 Å². The van der Waals surface area contributed by atoms with Crippen molar-refractivity contribution in [3.63, 3.8) is 0 Å². The zero-order chi connectivity index (χ0) is 13.5. The second-order valence-corrected chi connectivity index (χ2v) is 5.07. The van der Waals surface area contributed by atoms with Crippen molar-refractivity contribution in [1.29, 1.82) is 0 Å². The first-order chi connectivity index (χ1) is 8.85. The van der Waals surface area contributed by atoms with E-state index in [1.165, 1.54) is 38.5 Å². The van der Waals surface area contributed by atoms with Gasteiger partial charge in [0, 0.05) is 19.8 Å². The Morgan fingerprint density at radius 2 is 1.39 bits per heavy atom. The van der Waals surface area contributed by atoms with Crippen LogP contribution in [-0.4, -0.2) is 25.9 Å². The lowest BCUT2D eigenvalue weighted by atomic mass is 10.1. The molecule has 2 heteroatoms. The van der Waals surface area contributed by atoms with Crippen LogP contribution >= 0.6 is 0 Å². The lowest BCUT2D eigenvalue weighted by Gasteiger charge is -2.14. The molecule has 2 nitrogen and oxygen atoms in total. The average molecular weight is 258 g/mol. The highest BCUT2D eigenvalue weighted by Crippen LogP contribution is 2.07. The summed E-state index contributed by atoms with van der Waals surface area (Å²) in [6, 6.07) is 0. The molecule has 0 aliphatic heterocycles. The quantitative estimate of drug-likeness (QED) is 0.410. The summed E-state index contributed by atoms with van der Waals surface area (Å²) in [6.07, 6.45) is 11.5. The molecular weight excluding hydrogens is 224 g/mol. The smallest absolute Gasteiger partial charge is 0.0572 e. The number of hydrogen-bond acceptors (Lipinski definition) is 2. The Morgan fingerprint density at radius 3 is 2.00 bits per heavy atom. The molecule has 0 saturated carbocycles. The first kappa shape index (κ1) is 17.9. The van der Waals surface area contributed by atoms with Gasteiger partial charge in [-0.1, -0.05) is 46.5 Å².